The third kappa shape index (κ3) is 4.17. The SMILES string of the molecule is Cc1ncc(SN(C)[C@H](c2ccc(F)cc2)C(F)(F)F)cn1. The molecule has 0 saturated heterocycles. The van der Waals surface area contributed by atoms with Gasteiger partial charge in [0.05, 0.1) is 4.90 Å². The highest BCUT2D eigenvalue weighted by atomic mass is 32.2. The highest BCUT2D eigenvalue weighted by Gasteiger charge is 2.44. The van der Waals surface area contributed by atoms with Gasteiger partial charge in [-0.25, -0.2) is 18.7 Å². The van der Waals surface area contributed by atoms with Crippen LogP contribution in [0.4, 0.5) is 17.6 Å². The molecule has 0 amide bonds. The van der Waals surface area contributed by atoms with Crippen molar-refractivity contribution in [2.24, 2.45) is 0 Å². The van der Waals surface area contributed by atoms with Gasteiger partial charge < -0.3 is 0 Å². The van der Waals surface area contributed by atoms with Crippen LogP contribution < -0.4 is 0 Å². The fraction of sp³-hybridized carbons (Fsp3) is 0.286. The largest absolute Gasteiger partial charge is 0.408 e. The first-order valence-electron chi connectivity index (χ1n) is 6.29. The van der Waals surface area contributed by atoms with Crippen LogP contribution in [0.2, 0.25) is 0 Å². The minimum absolute atomic E-state index is 0.0306. The minimum atomic E-state index is -4.49. The number of benzene rings is 1. The molecule has 1 heterocycles. The molecule has 1 aromatic carbocycles. The average Bonchev–Trinajstić information content (AvgIpc) is 2.42. The van der Waals surface area contributed by atoms with Crippen LogP contribution in [0.5, 0.6) is 0 Å². The zero-order valence-electron chi connectivity index (χ0n) is 11.8. The summed E-state index contributed by atoms with van der Waals surface area (Å²) in [5, 5.41) is 0. The van der Waals surface area contributed by atoms with Gasteiger partial charge in [-0.3, -0.25) is 0 Å². The molecular formula is C14H13F4N3S. The monoisotopic (exact) mass is 331 g/mol. The number of alkyl halides is 3. The lowest BCUT2D eigenvalue weighted by molar-refractivity contribution is -0.169. The van der Waals surface area contributed by atoms with E-state index in [2.05, 4.69) is 9.97 Å². The smallest absolute Gasteiger partial charge is 0.240 e. The molecule has 0 aliphatic heterocycles. The third-order valence-corrected chi connectivity index (χ3v) is 3.79. The normalized spacial score (nSPS) is 13.4. The van der Waals surface area contributed by atoms with Crippen LogP contribution in [-0.4, -0.2) is 27.5 Å². The van der Waals surface area contributed by atoms with Crippen LogP contribution in [0.3, 0.4) is 0 Å². The standard InChI is InChI=1S/C14H13F4N3S/c1-9-19-7-12(8-20-9)22-21(2)13(14(16,17)18)10-3-5-11(15)6-4-10/h3-8,13H,1-2H3/t13-/m1/s1. The molecule has 0 unspecified atom stereocenters. The van der Waals surface area contributed by atoms with Crippen LogP contribution in [0.15, 0.2) is 41.6 Å². The van der Waals surface area contributed by atoms with E-state index < -0.39 is 18.0 Å². The lowest BCUT2D eigenvalue weighted by Gasteiger charge is -2.29. The van der Waals surface area contributed by atoms with Crippen LogP contribution in [-0.2, 0) is 0 Å². The Hall–Kier alpha value is -1.67. The van der Waals surface area contributed by atoms with Crippen LogP contribution in [0, 0.1) is 12.7 Å². The average molecular weight is 331 g/mol. The zero-order chi connectivity index (χ0) is 16.3. The van der Waals surface area contributed by atoms with Gasteiger partial charge in [0.25, 0.3) is 0 Å². The van der Waals surface area contributed by atoms with Crippen molar-refractivity contribution in [1.29, 1.82) is 0 Å². The van der Waals surface area contributed by atoms with E-state index in [0.717, 1.165) is 40.5 Å². The summed E-state index contributed by atoms with van der Waals surface area (Å²) in [6, 6.07) is 2.44. The summed E-state index contributed by atoms with van der Waals surface area (Å²) in [5.74, 6) is -0.0372. The molecule has 22 heavy (non-hydrogen) atoms. The fourth-order valence-corrected chi connectivity index (χ4v) is 2.78. The summed E-state index contributed by atoms with van der Waals surface area (Å²) < 4.78 is 54.0. The molecule has 0 saturated carbocycles. The lowest BCUT2D eigenvalue weighted by Crippen LogP contribution is -2.31. The number of nitrogens with zero attached hydrogens (tertiary/aromatic N) is 3. The van der Waals surface area contributed by atoms with E-state index in [4.69, 9.17) is 0 Å². The predicted molar refractivity (Wildman–Crippen MR) is 75.6 cm³/mol. The molecule has 118 valence electrons. The van der Waals surface area contributed by atoms with Crippen molar-refractivity contribution in [3.05, 3.63) is 53.9 Å². The van der Waals surface area contributed by atoms with Crippen molar-refractivity contribution in [2.75, 3.05) is 7.05 Å². The minimum Gasteiger partial charge on any atom is -0.240 e. The van der Waals surface area contributed by atoms with Gasteiger partial charge in [0.15, 0.2) is 0 Å². The van der Waals surface area contributed by atoms with Gasteiger partial charge in [0.1, 0.15) is 17.7 Å². The van der Waals surface area contributed by atoms with Gasteiger partial charge in [-0.2, -0.15) is 13.2 Å². The molecule has 0 radical (unpaired) electrons. The Balaban J connectivity index is 2.25. The van der Waals surface area contributed by atoms with E-state index in [1.165, 1.54) is 19.4 Å². The van der Waals surface area contributed by atoms with Crippen molar-refractivity contribution in [3.63, 3.8) is 0 Å². The maximum atomic E-state index is 13.3. The number of halogens is 4. The quantitative estimate of drug-likeness (QED) is 0.621. The van der Waals surface area contributed by atoms with Gasteiger partial charge >= 0.3 is 6.18 Å². The number of rotatable bonds is 4. The molecule has 1 atom stereocenters. The molecule has 2 rings (SSSR count). The van der Waals surface area contributed by atoms with Gasteiger partial charge in [-0.1, -0.05) is 12.1 Å². The highest BCUT2D eigenvalue weighted by molar-refractivity contribution is 7.97. The molecule has 1 aromatic heterocycles. The molecule has 3 nitrogen and oxygen atoms in total. The predicted octanol–water partition coefficient (Wildman–Crippen LogP) is 4.17. The van der Waals surface area contributed by atoms with Crippen LogP contribution >= 0.6 is 11.9 Å². The Morgan fingerprint density at radius 1 is 1.09 bits per heavy atom. The van der Waals surface area contributed by atoms with Gasteiger partial charge in [0, 0.05) is 12.4 Å². The summed E-state index contributed by atoms with van der Waals surface area (Å²) >= 11 is 0.881. The van der Waals surface area contributed by atoms with Crippen LogP contribution in [0.25, 0.3) is 0 Å². The molecule has 2 aromatic rings. The first-order chi connectivity index (χ1) is 10.3. The Bertz CT molecular complexity index is 613. The molecule has 8 heteroatoms. The molecule has 0 aliphatic rings. The number of aromatic nitrogens is 2. The van der Waals surface area contributed by atoms with E-state index in [1.807, 2.05) is 0 Å². The van der Waals surface area contributed by atoms with Crippen molar-refractivity contribution < 1.29 is 17.6 Å². The summed E-state index contributed by atoms with van der Waals surface area (Å²) in [5.41, 5.74) is -0.0306. The first kappa shape index (κ1) is 16.7. The molecule has 0 aliphatic carbocycles. The maximum Gasteiger partial charge on any atom is 0.408 e. The van der Waals surface area contributed by atoms with Crippen molar-refractivity contribution in [2.45, 2.75) is 24.0 Å². The second-order valence-electron chi connectivity index (χ2n) is 4.60. The Morgan fingerprint density at radius 3 is 2.14 bits per heavy atom. The Morgan fingerprint density at radius 2 is 1.64 bits per heavy atom. The highest BCUT2D eigenvalue weighted by Crippen LogP contribution is 2.41. The molecular weight excluding hydrogens is 318 g/mol. The molecule has 0 bridgehead atoms. The van der Waals surface area contributed by atoms with E-state index in [-0.39, 0.29) is 5.56 Å². The van der Waals surface area contributed by atoms with Crippen molar-refractivity contribution >= 4 is 11.9 Å². The van der Waals surface area contributed by atoms with E-state index in [9.17, 15) is 17.6 Å². The second kappa shape index (κ2) is 6.62. The Kier molecular flexibility index (Phi) is 5.02. The van der Waals surface area contributed by atoms with Gasteiger partial charge in [-0.15, -0.1) is 0 Å². The second-order valence-corrected chi connectivity index (χ2v) is 5.83. The Labute approximate surface area is 129 Å². The molecule has 0 N–H and O–H groups in total. The summed E-state index contributed by atoms with van der Waals surface area (Å²) in [6.45, 7) is 1.69. The first-order valence-corrected chi connectivity index (χ1v) is 7.06. The maximum absolute atomic E-state index is 13.3. The number of aryl methyl sites for hydroxylation is 1. The molecule has 0 fully saturated rings. The summed E-state index contributed by atoms with van der Waals surface area (Å²) in [6.07, 6.45) is -1.58. The number of hydrogen-bond donors (Lipinski definition) is 0. The lowest BCUT2D eigenvalue weighted by atomic mass is 10.1. The van der Waals surface area contributed by atoms with Crippen molar-refractivity contribution in [1.82, 2.24) is 14.3 Å². The van der Waals surface area contributed by atoms with Crippen LogP contribution in [0.1, 0.15) is 17.4 Å². The summed E-state index contributed by atoms with van der Waals surface area (Å²) in [4.78, 5) is 8.39. The zero-order valence-corrected chi connectivity index (χ0v) is 12.6. The fourth-order valence-electron chi connectivity index (χ4n) is 1.90. The van der Waals surface area contributed by atoms with Gasteiger partial charge in [-0.05, 0) is 43.6 Å². The van der Waals surface area contributed by atoms with E-state index in [1.54, 1.807) is 6.92 Å². The van der Waals surface area contributed by atoms with E-state index >= 15 is 0 Å². The van der Waals surface area contributed by atoms with E-state index in [0.29, 0.717) is 10.7 Å². The van der Waals surface area contributed by atoms with Gasteiger partial charge in [0.2, 0.25) is 0 Å². The van der Waals surface area contributed by atoms with Crippen molar-refractivity contribution in [3.8, 4) is 0 Å². The topological polar surface area (TPSA) is 29.0 Å². The number of hydrogen-bond acceptors (Lipinski definition) is 4. The summed E-state index contributed by atoms with van der Waals surface area (Å²) in [7, 11) is 1.33. The molecule has 0 spiro atoms. The third-order valence-electron chi connectivity index (χ3n) is 2.87.